The zero-order valence-electron chi connectivity index (χ0n) is 15.6. The van der Waals surface area contributed by atoms with Crippen LogP contribution in [0.5, 0.6) is 0 Å². The second kappa shape index (κ2) is 8.53. The molecule has 0 atom stereocenters. The van der Waals surface area contributed by atoms with Crippen LogP contribution in [0.1, 0.15) is 36.1 Å². The van der Waals surface area contributed by atoms with E-state index in [0.717, 1.165) is 23.4 Å². The molecule has 0 aliphatic carbocycles. The first-order valence-corrected chi connectivity index (χ1v) is 9.10. The number of aromatic nitrogens is 2. The number of benzene rings is 1. The summed E-state index contributed by atoms with van der Waals surface area (Å²) in [6.45, 7) is 3.75. The van der Waals surface area contributed by atoms with Gasteiger partial charge in [0.05, 0.1) is 23.8 Å². The fourth-order valence-corrected chi connectivity index (χ4v) is 3.03. The maximum absolute atomic E-state index is 12.4. The molecule has 0 aliphatic heterocycles. The monoisotopic (exact) mass is 368 g/mol. The Kier molecular flexibility index (Phi) is 5.90. The molecule has 0 saturated heterocycles. The molecule has 3 aromatic rings. The van der Waals surface area contributed by atoms with Crippen LogP contribution in [0.4, 0.5) is 0 Å². The summed E-state index contributed by atoms with van der Waals surface area (Å²) in [4.78, 5) is 30.5. The number of amides is 2. The van der Waals surface area contributed by atoms with Crippen molar-refractivity contribution < 1.29 is 14.0 Å². The summed E-state index contributed by atoms with van der Waals surface area (Å²) >= 11 is 0. The number of carbonyl (C=O) groups is 2. The molecule has 2 heterocycles. The molecule has 7 heteroatoms. The summed E-state index contributed by atoms with van der Waals surface area (Å²) < 4.78 is 7.16. The van der Waals surface area contributed by atoms with Gasteiger partial charge in [-0.3, -0.25) is 9.59 Å². The first-order valence-electron chi connectivity index (χ1n) is 9.10. The lowest BCUT2D eigenvalue weighted by molar-refractivity contribution is -0.130. The van der Waals surface area contributed by atoms with Crippen LogP contribution in [0.3, 0.4) is 0 Å². The van der Waals surface area contributed by atoms with E-state index in [1.807, 2.05) is 24.3 Å². The van der Waals surface area contributed by atoms with Crippen molar-refractivity contribution in [1.29, 1.82) is 0 Å². The van der Waals surface area contributed by atoms with E-state index in [0.29, 0.717) is 25.9 Å². The van der Waals surface area contributed by atoms with E-state index in [-0.39, 0.29) is 17.6 Å². The number of hydrogen-bond donors (Lipinski definition) is 1. The topological polar surface area (TPSA) is 80.4 Å². The SMILES string of the molecule is CCn1c(CN(C)C(=O)CCCNC(=O)c2ccco2)nc2ccccc21. The van der Waals surface area contributed by atoms with Crippen molar-refractivity contribution in [3.63, 3.8) is 0 Å². The van der Waals surface area contributed by atoms with Crippen LogP contribution in [0, 0.1) is 0 Å². The highest BCUT2D eigenvalue weighted by Gasteiger charge is 2.15. The summed E-state index contributed by atoms with van der Waals surface area (Å²) in [5, 5.41) is 2.75. The van der Waals surface area contributed by atoms with E-state index in [1.54, 1.807) is 24.1 Å². The van der Waals surface area contributed by atoms with Gasteiger partial charge >= 0.3 is 0 Å². The van der Waals surface area contributed by atoms with Crippen molar-refractivity contribution in [2.75, 3.05) is 13.6 Å². The van der Waals surface area contributed by atoms with E-state index in [2.05, 4.69) is 21.8 Å². The third kappa shape index (κ3) is 4.36. The Balaban J connectivity index is 1.50. The van der Waals surface area contributed by atoms with Crippen molar-refractivity contribution >= 4 is 22.8 Å². The number of hydrogen-bond acceptors (Lipinski definition) is 4. The summed E-state index contributed by atoms with van der Waals surface area (Å²) in [6.07, 6.45) is 2.39. The van der Waals surface area contributed by atoms with Gasteiger partial charge in [-0.05, 0) is 37.6 Å². The molecular weight excluding hydrogens is 344 g/mol. The third-order valence-corrected chi connectivity index (χ3v) is 4.45. The standard InChI is InChI=1S/C20H24N4O3/c1-3-24-16-9-5-4-8-15(16)22-18(24)14-23(2)19(25)11-6-12-21-20(26)17-10-7-13-27-17/h4-5,7-10,13H,3,6,11-12,14H2,1-2H3,(H,21,26). The molecule has 1 N–H and O–H groups in total. The molecule has 0 radical (unpaired) electrons. The molecule has 0 fully saturated rings. The molecule has 2 aromatic heterocycles. The predicted molar refractivity (Wildman–Crippen MR) is 102 cm³/mol. The average Bonchev–Trinajstić information content (AvgIpc) is 3.32. The minimum absolute atomic E-state index is 0.0250. The normalized spacial score (nSPS) is 10.9. The molecule has 1 aromatic carbocycles. The lowest BCUT2D eigenvalue weighted by atomic mass is 10.2. The van der Waals surface area contributed by atoms with Crippen LogP contribution in [0.15, 0.2) is 47.1 Å². The van der Waals surface area contributed by atoms with Crippen LogP contribution >= 0.6 is 0 Å². The van der Waals surface area contributed by atoms with E-state index in [1.165, 1.54) is 6.26 Å². The molecule has 0 unspecified atom stereocenters. The molecule has 7 nitrogen and oxygen atoms in total. The fourth-order valence-electron chi connectivity index (χ4n) is 3.03. The maximum atomic E-state index is 12.4. The van der Waals surface area contributed by atoms with E-state index in [4.69, 9.17) is 4.42 Å². The number of nitrogens with one attached hydrogen (secondary N) is 1. The van der Waals surface area contributed by atoms with Gasteiger partial charge in [-0.25, -0.2) is 4.98 Å². The summed E-state index contributed by atoms with van der Waals surface area (Å²) in [6, 6.07) is 11.2. The van der Waals surface area contributed by atoms with Crippen LogP contribution in [0.2, 0.25) is 0 Å². The van der Waals surface area contributed by atoms with E-state index in [9.17, 15) is 9.59 Å². The van der Waals surface area contributed by atoms with Crippen molar-refractivity contribution in [3.8, 4) is 0 Å². The Morgan fingerprint density at radius 2 is 2.04 bits per heavy atom. The predicted octanol–water partition coefficient (Wildman–Crippen LogP) is 2.82. The van der Waals surface area contributed by atoms with Crippen LogP contribution < -0.4 is 5.32 Å². The Hall–Kier alpha value is -3.09. The molecule has 0 aliphatic rings. The molecule has 27 heavy (non-hydrogen) atoms. The Labute approximate surface area is 158 Å². The van der Waals surface area contributed by atoms with Crippen molar-refractivity contribution in [3.05, 3.63) is 54.2 Å². The maximum Gasteiger partial charge on any atom is 0.286 e. The number of para-hydroxylation sites is 2. The largest absolute Gasteiger partial charge is 0.459 e. The van der Waals surface area contributed by atoms with Gasteiger partial charge in [0, 0.05) is 26.6 Å². The molecule has 0 saturated carbocycles. The number of carbonyl (C=O) groups excluding carboxylic acids is 2. The number of nitrogens with zero attached hydrogens (tertiary/aromatic N) is 3. The molecule has 0 spiro atoms. The number of furan rings is 1. The van der Waals surface area contributed by atoms with Gasteiger partial charge in [-0.2, -0.15) is 0 Å². The second-order valence-corrected chi connectivity index (χ2v) is 6.35. The highest BCUT2D eigenvalue weighted by Crippen LogP contribution is 2.17. The summed E-state index contributed by atoms with van der Waals surface area (Å²) in [5.74, 6) is 0.909. The van der Waals surface area contributed by atoms with Gasteiger partial charge in [-0.1, -0.05) is 12.1 Å². The van der Waals surface area contributed by atoms with Gasteiger partial charge in [0.1, 0.15) is 5.82 Å². The number of rotatable bonds is 8. The molecular formula is C20H24N4O3. The average molecular weight is 368 g/mol. The van der Waals surface area contributed by atoms with E-state index >= 15 is 0 Å². The second-order valence-electron chi connectivity index (χ2n) is 6.35. The Morgan fingerprint density at radius 3 is 2.78 bits per heavy atom. The Morgan fingerprint density at radius 1 is 1.22 bits per heavy atom. The van der Waals surface area contributed by atoms with Crippen LogP contribution in [-0.2, 0) is 17.9 Å². The summed E-state index contributed by atoms with van der Waals surface area (Å²) in [7, 11) is 1.78. The number of aryl methyl sites for hydroxylation is 1. The smallest absolute Gasteiger partial charge is 0.286 e. The van der Waals surface area contributed by atoms with Gasteiger partial charge in [-0.15, -0.1) is 0 Å². The van der Waals surface area contributed by atoms with Gasteiger partial charge < -0.3 is 19.2 Å². The van der Waals surface area contributed by atoms with Gasteiger partial charge in [0.15, 0.2) is 5.76 Å². The zero-order chi connectivity index (χ0) is 19.2. The minimum Gasteiger partial charge on any atom is -0.459 e. The first kappa shape index (κ1) is 18.7. The van der Waals surface area contributed by atoms with Gasteiger partial charge in [0.25, 0.3) is 5.91 Å². The minimum atomic E-state index is -0.266. The van der Waals surface area contributed by atoms with Crippen LogP contribution in [-0.4, -0.2) is 39.9 Å². The number of imidazole rings is 1. The summed E-state index contributed by atoms with van der Waals surface area (Å²) in [5.41, 5.74) is 2.02. The molecule has 2 amide bonds. The number of fused-ring (bicyclic) bond motifs is 1. The van der Waals surface area contributed by atoms with Crippen LogP contribution in [0.25, 0.3) is 11.0 Å². The quantitative estimate of drug-likeness (QED) is 0.620. The first-order chi connectivity index (χ1) is 13.1. The highest BCUT2D eigenvalue weighted by molar-refractivity contribution is 5.91. The van der Waals surface area contributed by atoms with E-state index < -0.39 is 0 Å². The van der Waals surface area contributed by atoms with Crippen molar-refractivity contribution in [2.24, 2.45) is 0 Å². The highest BCUT2D eigenvalue weighted by atomic mass is 16.3. The fraction of sp³-hybridized carbons (Fsp3) is 0.350. The zero-order valence-corrected chi connectivity index (χ0v) is 15.6. The lowest BCUT2D eigenvalue weighted by Crippen LogP contribution is -2.29. The molecule has 142 valence electrons. The van der Waals surface area contributed by atoms with Crippen molar-refractivity contribution in [2.45, 2.75) is 32.9 Å². The lowest BCUT2D eigenvalue weighted by Gasteiger charge is -2.17. The van der Waals surface area contributed by atoms with Crippen molar-refractivity contribution in [1.82, 2.24) is 19.8 Å². The third-order valence-electron chi connectivity index (χ3n) is 4.45. The molecule has 0 bridgehead atoms. The Bertz CT molecular complexity index is 915. The molecule has 3 rings (SSSR count). The van der Waals surface area contributed by atoms with Gasteiger partial charge in [0.2, 0.25) is 5.91 Å².